The zero-order chi connectivity index (χ0) is 18.5. The number of pyridine rings is 1. The van der Waals surface area contributed by atoms with Crippen molar-refractivity contribution in [3.63, 3.8) is 0 Å². The van der Waals surface area contributed by atoms with Gasteiger partial charge in [-0.05, 0) is 25.5 Å². The van der Waals surface area contributed by atoms with Crippen molar-refractivity contribution >= 4 is 16.6 Å². The van der Waals surface area contributed by atoms with Gasteiger partial charge in [-0.1, -0.05) is 30.3 Å². The minimum atomic E-state index is -0.204. The Balaban J connectivity index is 1.78. The van der Waals surface area contributed by atoms with Crippen molar-refractivity contribution in [2.24, 2.45) is 0 Å². The molecule has 4 heterocycles. The molecule has 8 heteroatoms. The fraction of sp³-hybridized carbons (Fsp3) is 0.105. The number of hydrogen-bond donors (Lipinski definition) is 0. The van der Waals surface area contributed by atoms with E-state index in [1.54, 1.807) is 41.6 Å². The summed E-state index contributed by atoms with van der Waals surface area (Å²) in [5.74, 6) is 1.27. The fourth-order valence-electron chi connectivity index (χ4n) is 3.36. The molecule has 0 atom stereocenters. The predicted molar refractivity (Wildman–Crippen MR) is 100 cm³/mol. The molecule has 0 aliphatic rings. The summed E-state index contributed by atoms with van der Waals surface area (Å²) in [7, 11) is 0. The van der Waals surface area contributed by atoms with Gasteiger partial charge >= 0.3 is 0 Å². The normalized spacial score (nSPS) is 11.5. The molecule has 0 aliphatic heterocycles. The molecule has 0 spiro atoms. The molecule has 5 aromatic rings. The van der Waals surface area contributed by atoms with Gasteiger partial charge in [-0.3, -0.25) is 4.79 Å². The van der Waals surface area contributed by atoms with Crippen LogP contribution in [0.2, 0.25) is 0 Å². The Morgan fingerprint density at radius 3 is 2.41 bits per heavy atom. The molecule has 1 aromatic carbocycles. The van der Waals surface area contributed by atoms with E-state index in [-0.39, 0.29) is 5.56 Å². The van der Waals surface area contributed by atoms with Crippen molar-refractivity contribution in [2.75, 3.05) is 0 Å². The maximum absolute atomic E-state index is 13.1. The van der Waals surface area contributed by atoms with Gasteiger partial charge in [0.1, 0.15) is 11.6 Å². The number of aryl methyl sites for hydroxylation is 2. The Hall–Kier alpha value is -3.81. The number of hydrogen-bond acceptors (Lipinski definition) is 5. The van der Waals surface area contributed by atoms with Gasteiger partial charge in [0.05, 0.1) is 17.1 Å². The summed E-state index contributed by atoms with van der Waals surface area (Å²) in [5, 5.41) is 13.0. The van der Waals surface area contributed by atoms with Crippen molar-refractivity contribution in [3.8, 4) is 11.1 Å². The van der Waals surface area contributed by atoms with Crippen LogP contribution >= 0.6 is 0 Å². The third-order valence-electron chi connectivity index (χ3n) is 4.63. The third kappa shape index (κ3) is 2.20. The molecule has 132 valence electrons. The van der Waals surface area contributed by atoms with E-state index < -0.39 is 0 Å². The average molecular weight is 357 g/mol. The van der Waals surface area contributed by atoms with Gasteiger partial charge in [-0.25, -0.2) is 18.9 Å². The third-order valence-corrected chi connectivity index (χ3v) is 4.63. The molecule has 0 saturated heterocycles. The van der Waals surface area contributed by atoms with Crippen molar-refractivity contribution in [1.29, 1.82) is 0 Å². The number of nitrogens with zero attached hydrogens (tertiary/aromatic N) is 7. The molecule has 0 fully saturated rings. The highest BCUT2D eigenvalue weighted by atomic mass is 16.1. The van der Waals surface area contributed by atoms with Crippen molar-refractivity contribution in [1.82, 2.24) is 34.1 Å². The lowest BCUT2D eigenvalue weighted by atomic mass is 10.1. The molecule has 0 N–H and O–H groups in total. The van der Waals surface area contributed by atoms with E-state index in [2.05, 4.69) is 20.3 Å². The number of aromatic nitrogens is 7. The molecule has 27 heavy (non-hydrogen) atoms. The highest BCUT2D eigenvalue weighted by molar-refractivity contribution is 5.84. The molecule has 0 radical (unpaired) electrons. The average Bonchev–Trinajstić information content (AvgIpc) is 3.27. The van der Waals surface area contributed by atoms with Crippen LogP contribution in [0, 0.1) is 13.8 Å². The SMILES string of the molecule is Cc1nnc(C)n1-n1ccc2c(cnc3c(-c4ccccc4)cnn32)c1=O. The van der Waals surface area contributed by atoms with E-state index >= 15 is 0 Å². The quantitative estimate of drug-likeness (QED) is 0.484. The van der Waals surface area contributed by atoms with Crippen molar-refractivity contribution in [3.05, 3.63) is 77.0 Å². The van der Waals surface area contributed by atoms with E-state index in [9.17, 15) is 4.79 Å². The highest BCUT2D eigenvalue weighted by Gasteiger charge is 2.15. The molecular weight excluding hydrogens is 342 g/mol. The van der Waals surface area contributed by atoms with Gasteiger partial charge in [0, 0.05) is 18.0 Å². The Morgan fingerprint density at radius 1 is 0.926 bits per heavy atom. The van der Waals surface area contributed by atoms with E-state index in [1.807, 2.05) is 36.4 Å². The number of rotatable bonds is 2. The second kappa shape index (κ2) is 5.60. The molecule has 4 aromatic heterocycles. The highest BCUT2D eigenvalue weighted by Crippen LogP contribution is 2.24. The first kappa shape index (κ1) is 15.4. The largest absolute Gasteiger partial charge is 0.280 e. The lowest BCUT2D eigenvalue weighted by Crippen LogP contribution is -2.27. The van der Waals surface area contributed by atoms with E-state index in [4.69, 9.17) is 0 Å². The molecule has 0 bridgehead atoms. The first-order valence-corrected chi connectivity index (χ1v) is 8.48. The van der Waals surface area contributed by atoms with E-state index in [0.717, 1.165) is 11.1 Å². The van der Waals surface area contributed by atoms with Crippen LogP contribution in [0.5, 0.6) is 0 Å². The van der Waals surface area contributed by atoms with Crippen LogP contribution in [-0.2, 0) is 0 Å². The predicted octanol–water partition coefficient (Wildman–Crippen LogP) is 2.23. The maximum Gasteiger partial charge on any atom is 0.280 e. The standard InChI is InChI=1S/C19H15N7O/c1-12-22-23-13(2)26(12)24-9-8-17-16(19(24)27)10-20-18-15(11-21-25(17)18)14-6-4-3-5-7-14/h3-11H,1-2H3. The first-order valence-electron chi connectivity index (χ1n) is 8.48. The van der Waals surface area contributed by atoms with E-state index in [0.29, 0.717) is 28.2 Å². The van der Waals surface area contributed by atoms with Crippen LogP contribution in [0.15, 0.2) is 59.8 Å². The molecule has 0 unspecified atom stereocenters. The second-order valence-corrected chi connectivity index (χ2v) is 6.29. The molecular formula is C19H15N7O. The first-order chi connectivity index (χ1) is 13.1. The Kier molecular flexibility index (Phi) is 3.20. The topological polar surface area (TPSA) is 82.9 Å². The van der Waals surface area contributed by atoms with Crippen LogP contribution in [0.25, 0.3) is 27.7 Å². The number of benzene rings is 1. The van der Waals surface area contributed by atoms with Crippen LogP contribution < -0.4 is 5.56 Å². The molecule has 0 amide bonds. The van der Waals surface area contributed by atoms with Crippen LogP contribution in [0.1, 0.15) is 11.6 Å². The monoisotopic (exact) mass is 357 g/mol. The van der Waals surface area contributed by atoms with Gasteiger partial charge < -0.3 is 0 Å². The summed E-state index contributed by atoms with van der Waals surface area (Å²) in [5.41, 5.74) is 3.16. The maximum atomic E-state index is 13.1. The van der Waals surface area contributed by atoms with Gasteiger partial charge in [0.15, 0.2) is 5.65 Å². The minimum Gasteiger partial charge on any atom is -0.267 e. The van der Waals surface area contributed by atoms with Crippen molar-refractivity contribution in [2.45, 2.75) is 13.8 Å². The summed E-state index contributed by atoms with van der Waals surface area (Å²) in [6, 6.07) is 11.8. The number of fused-ring (bicyclic) bond motifs is 3. The summed E-state index contributed by atoms with van der Waals surface area (Å²) in [6.07, 6.45) is 5.08. The van der Waals surface area contributed by atoms with Crippen molar-refractivity contribution < 1.29 is 0 Å². The fourth-order valence-corrected chi connectivity index (χ4v) is 3.36. The molecule has 0 aliphatic carbocycles. The Bertz CT molecular complexity index is 1340. The van der Waals surface area contributed by atoms with E-state index in [1.165, 1.54) is 4.68 Å². The second-order valence-electron chi connectivity index (χ2n) is 6.29. The zero-order valence-electron chi connectivity index (χ0n) is 14.7. The Labute approximate surface area is 153 Å². The lowest BCUT2D eigenvalue weighted by Gasteiger charge is -2.11. The van der Waals surface area contributed by atoms with Crippen LogP contribution in [0.3, 0.4) is 0 Å². The lowest BCUT2D eigenvalue weighted by molar-refractivity contribution is 0.594. The van der Waals surface area contributed by atoms with Gasteiger partial charge in [0.25, 0.3) is 5.56 Å². The smallest absolute Gasteiger partial charge is 0.267 e. The van der Waals surface area contributed by atoms with Gasteiger partial charge in [-0.2, -0.15) is 5.10 Å². The zero-order valence-corrected chi connectivity index (χ0v) is 14.7. The molecule has 5 rings (SSSR count). The summed E-state index contributed by atoms with van der Waals surface area (Å²) in [6.45, 7) is 3.61. The van der Waals surface area contributed by atoms with Gasteiger partial charge in [0.2, 0.25) is 0 Å². The summed E-state index contributed by atoms with van der Waals surface area (Å²) >= 11 is 0. The minimum absolute atomic E-state index is 0.204. The van der Waals surface area contributed by atoms with Crippen LogP contribution in [0.4, 0.5) is 0 Å². The summed E-state index contributed by atoms with van der Waals surface area (Å²) in [4.78, 5) is 17.6. The Morgan fingerprint density at radius 2 is 1.67 bits per heavy atom. The van der Waals surface area contributed by atoms with Crippen LogP contribution in [-0.4, -0.2) is 34.1 Å². The molecule has 0 saturated carbocycles. The molecule has 8 nitrogen and oxygen atoms in total. The summed E-state index contributed by atoms with van der Waals surface area (Å²) < 4.78 is 4.86. The van der Waals surface area contributed by atoms with Gasteiger partial charge in [-0.15, -0.1) is 10.2 Å².